The summed E-state index contributed by atoms with van der Waals surface area (Å²) in [5, 5.41) is 0.0449. The molecule has 0 unspecified atom stereocenters. The Labute approximate surface area is 121 Å². The summed E-state index contributed by atoms with van der Waals surface area (Å²) in [6.45, 7) is 0.460. The molecule has 0 atom stereocenters. The minimum Gasteiger partial charge on any atom is -0.486 e. The Balaban J connectivity index is 2.15. The molecule has 0 fully saturated rings. The predicted octanol–water partition coefficient (Wildman–Crippen LogP) is 3.70. The minimum absolute atomic E-state index is 0.0449. The van der Waals surface area contributed by atoms with E-state index < -0.39 is 11.6 Å². The highest BCUT2D eigenvalue weighted by atomic mass is 35.5. The molecule has 0 spiro atoms. The molecule has 0 aromatic heterocycles. The van der Waals surface area contributed by atoms with Crippen LogP contribution in [0.5, 0.6) is 5.75 Å². The topological polar surface area (TPSA) is 35.2 Å². The maximum atomic E-state index is 13.8. The molecule has 20 heavy (non-hydrogen) atoms. The maximum absolute atomic E-state index is 13.8. The fourth-order valence-corrected chi connectivity index (χ4v) is 1.97. The molecule has 2 aromatic rings. The van der Waals surface area contributed by atoms with Crippen LogP contribution in [0.4, 0.5) is 8.78 Å². The van der Waals surface area contributed by atoms with Gasteiger partial charge in [0.2, 0.25) is 0 Å². The number of ether oxygens (including phenoxy) is 1. The first-order valence-electron chi connectivity index (χ1n) is 6.16. The standard InChI is InChI=1S/C15H14ClF2NO/c16-12-5-4-10(8-14(12)18)9-20-15-11(6-7-19)2-1-3-13(15)17/h1-5,8H,6-7,9,19H2. The molecule has 0 radical (unpaired) electrons. The van der Waals surface area contributed by atoms with Gasteiger partial charge < -0.3 is 10.5 Å². The fourth-order valence-electron chi connectivity index (χ4n) is 1.85. The van der Waals surface area contributed by atoms with Gasteiger partial charge in [-0.3, -0.25) is 0 Å². The van der Waals surface area contributed by atoms with Gasteiger partial charge >= 0.3 is 0 Å². The lowest BCUT2D eigenvalue weighted by Crippen LogP contribution is -2.07. The van der Waals surface area contributed by atoms with E-state index in [1.54, 1.807) is 18.2 Å². The maximum Gasteiger partial charge on any atom is 0.165 e. The lowest BCUT2D eigenvalue weighted by Gasteiger charge is -2.12. The highest BCUT2D eigenvalue weighted by Gasteiger charge is 2.10. The van der Waals surface area contributed by atoms with E-state index in [1.165, 1.54) is 18.2 Å². The number of hydrogen-bond donors (Lipinski definition) is 1. The van der Waals surface area contributed by atoms with Crippen LogP contribution in [-0.2, 0) is 13.0 Å². The zero-order valence-corrected chi connectivity index (χ0v) is 11.5. The Kier molecular flexibility index (Phi) is 4.93. The molecular formula is C15H14ClF2NO. The SMILES string of the molecule is NCCc1cccc(F)c1OCc1ccc(Cl)c(F)c1. The largest absolute Gasteiger partial charge is 0.486 e. The van der Waals surface area contributed by atoms with Crippen molar-refractivity contribution in [3.05, 3.63) is 64.2 Å². The summed E-state index contributed by atoms with van der Waals surface area (Å²) in [5.41, 5.74) is 6.75. The fraction of sp³-hybridized carbons (Fsp3) is 0.200. The van der Waals surface area contributed by atoms with Gasteiger partial charge in [-0.1, -0.05) is 29.8 Å². The number of para-hydroxylation sites is 1. The summed E-state index contributed by atoms with van der Waals surface area (Å²) >= 11 is 5.60. The van der Waals surface area contributed by atoms with E-state index in [0.717, 1.165) is 0 Å². The first-order valence-corrected chi connectivity index (χ1v) is 6.54. The monoisotopic (exact) mass is 297 g/mol. The summed E-state index contributed by atoms with van der Waals surface area (Å²) in [7, 11) is 0. The van der Waals surface area contributed by atoms with Crippen molar-refractivity contribution < 1.29 is 13.5 Å². The molecule has 0 aliphatic carbocycles. The number of hydrogen-bond acceptors (Lipinski definition) is 2. The molecule has 106 valence electrons. The second-order valence-corrected chi connectivity index (χ2v) is 4.71. The van der Waals surface area contributed by atoms with Crippen LogP contribution >= 0.6 is 11.6 Å². The van der Waals surface area contributed by atoms with Gasteiger partial charge in [0.25, 0.3) is 0 Å². The van der Waals surface area contributed by atoms with E-state index in [-0.39, 0.29) is 17.4 Å². The van der Waals surface area contributed by atoms with Crippen LogP contribution in [0.1, 0.15) is 11.1 Å². The van der Waals surface area contributed by atoms with Crippen LogP contribution in [0.15, 0.2) is 36.4 Å². The molecule has 2 nitrogen and oxygen atoms in total. The Morgan fingerprint density at radius 3 is 2.60 bits per heavy atom. The van der Waals surface area contributed by atoms with Crippen molar-refractivity contribution in [3.63, 3.8) is 0 Å². The molecule has 0 bridgehead atoms. The molecule has 2 rings (SSSR count). The van der Waals surface area contributed by atoms with E-state index >= 15 is 0 Å². The summed E-state index contributed by atoms with van der Waals surface area (Å²) in [5.74, 6) is -0.817. The Morgan fingerprint density at radius 1 is 1.10 bits per heavy atom. The third-order valence-corrected chi connectivity index (χ3v) is 3.14. The van der Waals surface area contributed by atoms with Crippen molar-refractivity contribution >= 4 is 11.6 Å². The summed E-state index contributed by atoms with van der Waals surface area (Å²) < 4.78 is 32.5. The number of nitrogens with two attached hydrogens (primary N) is 1. The van der Waals surface area contributed by atoms with E-state index in [9.17, 15) is 8.78 Å². The minimum atomic E-state index is -0.525. The van der Waals surface area contributed by atoms with Crippen LogP contribution in [-0.4, -0.2) is 6.54 Å². The van der Waals surface area contributed by atoms with E-state index in [2.05, 4.69) is 0 Å². The van der Waals surface area contributed by atoms with Crippen LogP contribution < -0.4 is 10.5 Å². The van der Waals surface area contributed by atoms with Crippen LogP contribution in [0.25, 0.3) is 0 Å². The summed E-state index contributed by atoms with van der Waals surface area (Å²) in [6.07, 6.45) is 0.516. The third kappa shape index (κ3) is 3.46. The van der Waals surface area contributed by atoms with Crippen molar-refractivity contribution in [1.29, 1.82) is 0 Å². The molecule has 0 saturated carbocycles. The lowest BCUT2D eigenvalue weighted by atomic mass is 10.1. The highest BCUT2D eigenvalue weighted by Crippen LogP contribution is 2.24. The van der Waals surface area contributed by atoms with Crippen LogP contribution in [0, 0.1) is 11.6 Å². The van der Waals surface area contributed by atoms with Gasteiger partial charge in [0.15, 0.2) is 11.6 Å². The second kappa shape index (κ2) is 6.68. The molecule has 0 aliphatic rings. The average molecular weight is 298 g/mol. The number of benzene rings is 2. The smallest absolute Gasteiger partial charge is 0.165 e. The van der Waals surface area contributed by atoms with Gasteiger partial charge in [-0.25, -0.2) is 8.78 Å². The van der Waals surface area contributed by atoms with Gasteiger partial charge in [-0.15, -0.1) is 0 Å². The number of halogens is 3. The van der Waals surface area contributed by atoms with Gasteiger partial charge in [-0.05, 0) is 42.3 Å². The molecule has 2 aromatic carbocycles. The summed E-state index contributed by atoms with van der Waals surface area (Å²) in [6, 6.07) is 9.03. The molecule has 2 N–H and O–H groups in total. The van der Waals surface area contributed by atoms with Crippen molar-refractivity contribution in [2.24, 2.45) is 5.73 Å². The Morgan fingerprint density at radius 2 is 1.90 bits per heavy atom. The highest BCUT2D eigenvalue weighted by molar-refractivity contribution is 6.30. The molecule has 0 heterocycles. The van der Waals surface area contributed by atoms with Crippen molar-refractivity contribution in [3.8, 4) is 5.75 Å². The van der Waals surface area contributed by atoms with Crippen LogP contribution in [0.2, 0.25) is 5.02 Å². The molecule has 0 aliphatic heterocycles. The molecule has 5 heteroatoms. The van der Waals surface area contributed by atoms with Gasteiger partial charge in [0, 0.05) is 0 Å². The predicted molar refractivity (Wildman–Crippen MR) is 74.9 cm³/mol. The zero-order valence-electron chi connectivity index (χ0n) is 10.7. The zero-order chi connectivity index (χ0) is 14.5. The normalized spacial score (nSPS) is 10.6. The molecular weight excluding hydrogens is 284 g/mol. The molecule has 0 saturated heterocycles. The van der Waals surface area contributed by atoms with Gasteiger partial charge in [0.05, 0.1) is 5.02 Å². The molecule has 0 amide bonds. The van der Waals surface area contributed by atoms with Crippen molar-refractivity contribution in [1.82, 2.24) is 0 Å². The van der Waals surface area contributed by atoms with Crippen LogP contribution in [0.3, 0.4) is 0 Å². The average Bonchev–Trinajstić information content (AvgIpc) is 2.42. The quantitative estimate of drug-likeness (QED) is 0.913. The van der Waals surface area contributed by atoms with Crippen molar-refractivity contribution in [2.45, 2.75) is 13.0 Å². The first kappa shape index (κ1) is 14.8. The van der Waals surface area contributed by atoms with E-state index in [4.69, 9.17) is 22.1 Å². The Bertz CT molecular complexity index is 604. The third-order valence-electron chi connectivity index (χ3n) is 2.83. The summed E-state index contributed by atoms with van der Waals surface area (Å²) in [4.78, 5) is 0. The van der Waals surface area contributed by atoms with Crippen molar-refractivity contribution in [2.75, 3.05) is 6.54 Å². The van der Waals surface area contributed by atoms with E-state index in [0.29, 0.717) is 24.1 Å². The number of rotatable bonds is 5. The van der Waals surface area contributed by atoms with Gasteiger partial charge in [0.1, 0.15) is 12.4 Å². The lowest BCUT2D eigenvalue weighted by molar-refractivity contribution is 0.286. The Hall–Kier alpha value is -1.65. The van der Waals surface area contributed by atoms with E-state index in [1.807, 2.05) is 0 Å². The first-order chi connectivity index (χ1) is 9.61. The van der Waals surface area contributed by atoms with Gasteiger partial charge in [-0.2, -0.15) is 0 Å². The second-order valence-electron chi connectivity index (χ2n) is 4.30.